The molecule has 0 fully saturated rings. The average Bonchev–Trinajstić information content (AvgIpc) is 3.48. The van der Waals surface area contributed by atoms with Crippen molar-refractivity contribution in [2.75, 3.05) is 27.4 Å². The van der Waals surface area contributed by atoms with E-state index in [1.165, 1.54) is 0 Å². The van der Waals surface area contributed by atoms with Crippen molar-refractivity contribution >= 4 is 44.7 Å². The minimum atomic E-state index is -1.05. The molecule has 0 saturated carbocycles. The van der Waals surface area contributed by atoms with Gasteiger partial charge in [-0.15, -0.1) is 22.7 Å². The predicted octanol–water partition coefficient (Wildman–Crippen LogP) is 5.31. The number of hydrogen-bond acceptors (Lipinski definition) is 9. The van der Waals surface area contributed by atoms with Crippen LogP contribution in [0.15, 0.2) is 48.5 Å². The molecule has 0 radical (unpaired) electrons. The molecule has 0 saturated heterocycles. The Labute approximate surface area is 216 Å². The van der Waals surface area contributed by atoms with Gasteiger partial charge in [0, 0.05) is 29.4 Å². The molecule has 1 N–H and O–H groups in total. The maximum Gasteiger partial charge on any atom is 0.347 e. The lowest BCUT2D eigenvalue weighted by molar-refractivity contribution is -0.144. The smallest absolute Gasteiger partial charge is 0.347 e. The second-order valence-corrected chi connectivity index (χ2v) is 9.96. The van der Waals surface area contributed by atoms with Crippen LogP contribution in [0.25, 0.3) is 20.0 Å². The lowest BCUT2D eigenvalue weighted by Crippen LogP contribution is -2.31. The Morgan fingerprint density at radius 1 is 1.03 bits per heavy atom. The first-order valence-electron chi connectivity index (χ1n) is 11.2. The average molecular weight is 527 g/mol. The molecule has 0 bridgehead atoms. The molecule has 2 aromatic carbocycles. The van der Waals surface area contributed by atoms with Crippen molar-refractivity contribution in [2.45, 2.75) is 20.0 Å². The Balaban J connectivity index is 1.66. The highest BCUT2D eigenvalue weighted by molar-refractivity contribution is 7.26. The third kappa shape index (κ3) is 5.84. The van der Waals surface area contributed by atoms with Crippen LogP contribution in [-0.4, -0.2) is 54.3 Å². The number of esters is 1. The zero-order valence-electron chi connectivity index (χ0n) is 20.1. The maximum atomic E-state index is 12.4. The summed E-state index contributed by atoms with van der Waals surface area (Å²) in [6, 6.07) is 15.4. The molecule has 4 aromatic rings. The predicted molar refractivity (Wildman–Crippen MR) is 140 cm³/mol. The minimum Gasteiger partial charge on any atom is -0.497 e. The van der Waals surface area contributed by atoms with Crippen molar-refractivity contribution in [3.63, 3.8) is 0 Å². The van der Waals surface area contributed by atoms with Crippen LogP contribution in [0.5, 0.6) is 11.5 Å². The summed E-state index contributed by atoms with van der Waals surface area (Å²) in [5.74, 6) is -0.200. The van der Waals surface area contributed by atoms with Crippen molar-refractivity contribution in [3.8, 4) is 21.4 Å². The normalized spacial score (nSPS) is 11.1. The maximum absolute atomic E-state index is 12.4. The van der Waals surface area contributed by atoms with E-state index in [9.17, 15) is 14.7 Å². The first kappa shape index (κ1) is 25.6. The molecule has 4 rings (SSSR count). The number of thiazole rings is 1. The van der Waals surface area contributed by atoms with E-state index in [0.717, 1.165) is 31.9 Å². The summed E-state index contributed by atoms with van der Waals surface area (Å²) in [4.78, 5) is 32.1. The van der Waals surface area contributed by atoms with Gasteiger partial charge in [-0.25, -0.2) is 9.78 Å². The Kier molecular flexibility index (Phi) is 8.19. The van der Waals surface area contributed by atoms with E-state index in [2.05, 4.69) is 0 Å². The number of carbonyl (C=O) groups excluding carboxylic acids is 1. The fraction of sp³-hybridized carbons (Fsp3) is 0.269. The third-order valence-corrected chi connectivity index (χ3v) is 7.82. The molecular formula is C26H26N2O6S2. The van der Waals surface area contributed by atoms with Crippen molar-refractivity contribution in [1.82, 2.24) is 9.88 Å². The van der Waals surface area contributed by atoms with Gasteiger partial charge in [0.05, 0.1) is 37.9 Å². The van der Waals surface area contributed by atoms with Gasteiger partial charge in [0.1, 0.15) is 21.4 Å². The molecule has 2 heterocycles. The topological polar surface area (TPSA) is 98.2 Å². The summed E-state index contributed by atoms with van der Waals surface area (Å²) < 4.78 is 17.1. The molecule has 0 unspecified atom stereocenters. The van der Waals surface area contributed by atoms with Crippen LogP contribution in [0.4, 0.5) is 0 Å². The molecule has 0 aliphatic rings. The fourth-order valence-electron chi connectivity index (χ4n) is 3.81. The van der Waals surface area contributed by atoms with Crippen LogP contribution in [0, 0.1) is 0 Å². The van der Waals surface area contributed by atoms with Crippen LogP contribution >= 0.6 is 22.7 Å². The van der Waals surface area contributed by atoms with Crippen LogP contribution in [-0.2, 0) is 22.6 Å². The summed E-state index contributed by atoms with van der Waals surface area (Å²) >= 11 is 2.71. The van der Waals surface area contributed by atoms with Crippen LogP contribution < -0.4 is 9.47 Å². The molecule has 8 nitrogen and oxygen atoms in total. The van der Waals surface area contributed by atoms with E-state index in [4.69, 9.17) is 19.2 Å². The zero-order valence-corrected chi connectivity index (χ0v) is 21.8. The molecule has 0 atom stereocenters. The Hall–Kier alpha value is -3.47. The number of nitrogens with zero attached hydrogens (tertiary/aromatic N) is 2. The summed E-state index contributed by atoms with van der Waals surface area (Å²) in [6.45, 7) is 2.44. The number of aromatic carboxylic acids is 1. The quantitative estimate of drug-likeness (QED) is 0.263. The van der Waals surface area contributed by atoms with E-state index in [0.29, 0.717) is 28.7 Å². The first-order chi connectivity index (χ1) is 17.4. The molecule has 10 heteroatoms. The first-order valence-corrected chi connectivity index (χ1v) is 12.9. The number of hydrogen-bond donors (Lipinski definition) is 1. The number of carboxylic acids is 1. The molecule has 0 aliphatic heterocycles. The second-order valence-electron chi connectivity index (χ2n) is 7.88. The fourth-order valence-corrected chi connectivity index (χ4v) is 5.83. The summed E-state index contributed by atoms with van der Waals surface area (Å²) in [5, 5.41) is 11.6. The Morgan fingerprint density at radius 3 is 2.53 bits per heavy atom. The molecule has 0 aliphatic carbocycles. The summed E-state index contributed by atoms with van der Waals surface area (Å²) in [6.07, 6.45) is 0. The largest absolute Gasteiger partial charge is 0.497 e. The van der Waals surface area contributed by atoms with Gasteiger partial charge < -0.3 is 19.3 Å². The van der Waals surface area contributed by atoms with Crippen molar-refractivity contribution in [3.05, 3.63) is 64.7 Å². The zero-order chi connectivity index (χ0) is 25.7. The van der Waals surface area contributed by atoms with Gasteiger partial charge in [-0.05, 0) is 30.5 Å². The van der Waals surface area contributed by atoms with Crippen molar-refractivity contribution in [1.29, 1.82) is 0 Å². The molecule has 0 spiro atoms. The van der Waals surface area contributed by atoms with Crippen LogP contribution in [0.3, 0.4) is 0 Å². The molecule has 2 aromatic heterocycles. The number of thiophene rings is 1. The van der Waals surface area contributed by atoms with Crippen molar-refractivity contribution < 1.29 is 28.9 Å². The van der Waals surface area contributed by atoms with Crippen LogP contribution in [0.1, 0.15) is 27.9 Å². The van der Waals surface area contributed by atoms with Gasteiger partial charge in [-0.2, -0.15) is 0 Å². The molecule has 188 valence electrons. The van der Waals surface area contributed by atoms with Gasteiger partial charge in [0.25, 0.3) is 0 Å². The van der Waals surface area contributed by atoms with Gasteiger partial charge in [-0.1, -0.05) is 24.3 Å². The number of aromatic nitrogens is 1. The SMILES string of the molecule is CCOC(=O)CN(Cc1ccc(OC)cc1OC)Cc1nc(-c2cc3ccccc3s2)sc1C(=O)O. The number of carbonyl (C=O) groups is 2. The monoisotopic (exact) mass is 526 g/mol. The summed E-state index contributed by atoms with van der Waals surface area (Å²) in [5.41, 5.74) is 1.22. The number of benzene rings is 2. The lowest BCUT2D eigenvalue weighted by atomic mass is 10.1. The molecule has 36 heavy (non-hydrogen) atoms. The molecular weight excluding hydrogens is 500 g/mol. The second kappa shape index (κ2) is 11.5. The number of rotatable bonds is 11. The minimum absolute atomic E-state index is 0.0299. The third-order valence-electron chi connectivity index (χ3n) is 5.45. The van der Waals surface area contributed by atoms with E-state index in [1.807, 2.05) is 42.5 Å². The molecule has 0 amide bonds. The van der Waals surface area contributed by atoms with Gasteiger partial charge in [0.2, 0.25) is 0 Å². The standard InChI is InChI=1S/C26H26N2O6S2/c1-4-34-23(29)15-28(13-17-9-10-18(32-2)12-20(17)33-3)14-19-24(26(30)31)36-25(27-19)22-11-16-7-5-6-8-21(16)35-22/h5-12H,4,13-15H2,1-3H3,(H,30,31). The van der Waals surface area contributed by atoms with E-state index in [-0.39, 0.29) is 24.6 Å². The van der Waals surface area contributed by atoms with Gasteiger partial charge in [0.15, 0.2) is 0 Å². The number of fused-ring (bicyclic) bond motifs is 1. The van der Waals surface area contributed by atoms with Gasteiger partial charge >= 0.3 is 11.9 Å². The highest BCUT2D eigenvalue weighted by atomic mass is 32.1. The number of carboxylic acid groups (broad SMARTS) is 1. The lowest BCUT2D eigenvalue weighted by Gasteiger charge is -2.22. The highest BCUT2D eigenvalue weighted by Crippen LogP contribution is 2.37. The number of methoxy groups -OCH3 is 2. The van der Waals surface area contributed by atoms with Gasteiger partial charge in [-0.3, -0.25) is 9.69 Å². The Bertz CT molecular complexity index is 1350. The number of ether oxygens (including phenoxy) is 3. The van der Waals surface area contributed by atoms with E-state index < -0.39 is 11.9 Å². The van der Waals surface area contributed by atoms with E-state index >= 15 is 0 Å². The van der Waals surface area contributed by atoms with Crippen molar-refractivity contribution in [2.24, 2.45) is 0 Å². The highest BCUT2D eigenvalue weighted by Gasteiger charge is 2.23. The van der Waals surface area contributed by atoms with E-state index in [1.54, 1.807) is 43.4 Å². The summed E-state index contributed by atoms with van der Waals surface area (Å²) in [7, 11) is 3.14. The Morgan fingerprint density at radius 2 is 1.83 bits per heavy atom. The van der Waals surface area contributed by atoms with Crippen LogP contribution in [0.2, 0.25) is 0 Å².